The first-order valence-electron chi connectivity index (χ1n) is 7.50. The minimum atomic E-state index is -0.351. The molecule has 1 fully saturated rings. The van der Waals surface area contributed by atoms with Gasteiger partial charge in [0, 0.05) is 17.6 Å². The molecule has 21 heavy (non-hydrogen) atoms. The average molecular weight is 310 g/mol. The zero-order valence-corrected chi connectivity index (χ0v) is 14.5. The highest BCUT2D eigenvalue weighted by Gasteiger charge is 2.52. The van der Waals surface area contributed by atoms with Gasteiger partial charge in [-0.25, -0.2) is 0 Å². The summed E-state index contributed by atoms with van der Waals surface area (Å²) in [7, 11) is -0.351. The Balaban J connectivity index is 2.28. The lowest BCUT2D eigenvalue weighted by molar-refractivity contribution is 0.00578. The molecular formula is C16H25BClNO2. The number of halogens is 1. The summed E-state index contributed by atoms with van der Waals surface area (Å²) in [4.78, 5) is 0. The lowest BCUT2D eigenvalue weighted by Crippen LogP contribution is -2.41. The van der Waals surface area contributed by atoms with E-state index in [1.54, 1.807) is 0 Å². The van der Waals surface area contributed by atoms with Gasteiger partial charge in [0.2, 0.25) is 0 Å². The molecule has 0 spiro atoms. The first-order valence-corrected chi connectivity index (χ1v) is 7.87. The maximum absolute atomic E-state index is 6.14. The van der Waals surface area contributed by atoms with Gasteiger partial charge in [-0.1, -0.05) is 31.5 Å². The smallest absolute Gasteiger partial charge is 0.399 e. The van der Waals surface area contributed by atoms with E-state index in [0.717, 1.165) is 22.6 Å². The summed E-state index contributed by atoms with van der Waals surface area (Å²) in [6.45, 7) is 13.3. The van der Waals surface area contributed by atoms with E-state index in [-0.39, 0.29) is 18.3 Å². The fourth-order valence-electron chi connectivity index (χ4n) is 2.24. The van der Waals surface area contributed by atoms with Crippen LogP contribution in [0.15, 0.2) is 18.2 Å². The third kappa shape index (κ3) is 3.62. The highest BCUT2D eigenvalue weighted by molar-refractivity contribution is 6.62. The van der Waals surface area contributed by atoms with E-state index in [2.05, 4.69) is 46.9 Å². The highest BCUT2D eigenvalue weighted by atomic mass is 35.5. The Morgan fingerprint density at radius 2 is 1.71 bits per heavy atom. The van der Waals surface area contributed by atoms with Crippen molar-refractivity contribution in [3.05, 3.63) is 28.8 Å². The van der Waals surface area contributed by atoms with Gasteiger partial charge in [0.1, 0.15) is 0 Å². The monoisotopic (exact) mass is 309 g/mol. The van der Waals surface area contributed by atoms with Gasteiger partial charge in [-0.3, -0.25) is 0 Å². The molecule has 0 unspecified atom stereocenters. The molecule has 2 rings (SSSR count). The molecule has 1 heterocycles. The zero-order chi connectivity index (χ0) is 15.8. The van der Waals surface area contributed by atoms with Crippen LogP contribution in [0.5, 0.6) is 0 Å². The summed E-state index contributed by atoms with van der Waals surface area (Å²) < 4.78 is 12.3. The molecule has 3 nitrogen and oxygen atoms in total. The molecule has 0 amide bonds. The number of hydrogen-bond donors (Lipinski definition) is 1. The first-order chi connectivity index (χ1) is 9.62. The summed E-state index contributed by atoms with van der Waals surface area (Å²) >= 11 is 6.14. The highest BCUT2D eigenvalue weighted by Crippen LogP contribution is 2.36. The number of rotatable bonds is 4. The molecule has 1 aliphatic heterocycles. The van der Waals surface area contributed by atoms with Crippen LogP contribution < -0.4 is 10.8 Å². The molecule has 1 N–H and O–H groups in total. The fourth-order valence-corrected chi connectivity index (χ4v) is 2.44. The predicted molar refractivity (Wildman–Crippen MR) is 89.1 cm³/mol. The van der Waals surface area contributed by atoms with Crippen molar-refractivity contribution in [3.63, 3.8) is 0 Å². The summed E-state index contributed by atoms with van der Waals surface area (Å²) in [6.07, 6.45) is 0. The van der Waals surface area contributed by atoms with E-state index in [1.807, 2.05) is 18.2 Å². The molecule has 0 bridgehead atoms. The van der Waals surface area contributed by atoms with Crippen LogP contribution in [0.2, 0.25) is 5.02 Å². The van der Waals surface area contributed by atoms with Crippen LogP contribution in [0.4, 0.5) is 0 Å². The molecule has 5 heteroatoms. The number of hydrogen-bond acceptors (Lipinski definition) is 3. The van der Waals surface area contributed by atoms with Crippen molar-refractivity contribution in [1.29, 1.82) is 0 Å². The maximum Gasteiger partial charge on any atom is 0.495 e. The Morgan fingerprint density at radius 3 is 2.24 bits per heavy atom. The van der Waals surface area contributed by atoms with Crippen LogP contribution in [0, 0.1) is 0 Å². The summed E-state index contributed by atoms with van der Waals surface area (Å²) in [6, 6.07) is 6.29. The fraction of sp³-hybridized carbons (Fsp3) is 0.625. The molecule has 1 aromatic rings. The molecule has 1 aliphatic rings. The third-order valence-electron chi connectivity index (χ3n) is 4.31. The van der Waals surface area contributed by atoms with Gasteiger partial charge < -0.3 is 14.6 Å². The molecule has 116 valence electrons. The van der Waals surface area contributed by atoms with E-state index in [0.29, 0.717) is 6.04 Å². The zero-order valence-electron chi connectivity index (χ0n) is 13.8. The van der Waals surface area contributed by atoms with Crippen molar-refractivity contribution < 1.29 is 9.31 Å². The van der Waals surface area contributed by atoms with Crippen LogP contribution in [0.25, 0.3) is 0 Å². The molecule has 1 saturated heterocycles. The Hall–Kier alpha value is -0.545. The van der Waals surface area contributed by atoms with E-state index in [1.165, 1.54) is 0 Å². The Kier molecular flexibility index (Phi) is 4.74. The second-order valence-electron chi connectivity index (χ2n) is 6.97. The largest absolute Gasteiger partial charge is 0.495 e. The van der Waals surface area contributed by atoms with E-state index >= 15 is 0 Å². The van der Waals surface area contributed by atoms with Gasteiger partial charge in [0.15, 0.2) is 0 Å². The summed E-state index contributed by atoms with van der Waals surface area (Å²) in [5, 5.41) is 4.16. The Bertz CT molecular complexity index is 501. The van der Waals surface area contributed by atoms with Crippen molar-refractivity contribution in [1.82, 2.24) is 5.32 Å². The average Bonchev–Trinajstić information content (AvgIpc) is 2.55. The minimum Gasteiger partial charge on any atom is -0.399 e. The topological polar surface area (TPSA) is 30.5 Å². The third-order valence-corrected chi connectivity index (χ3v) is 4.55. The van der Waals surface area contributed by atoms with Crippen LogP contribution in [-0.4, -0.2) is 24.4 Å². The molecule has 1 aromatic carbocycles. The van der Waals surface area contributed by atoms with Crippen molar-refractivity contribution in [2.45, 2.75) is 65.3 Å². The molecule has 0 atom stereocenters. The lowest BCUT2D eigenvalue weighted by atomic mass is 9.76. The summed E-state index contributed by atoms with van der Waals surface area (Å²) in [5.74, 6) is 0. The van der Waals surface area contributed by atoms with Crippen LogP contribution >= 0.6 is 11.6 Å². The number of nitrogens with one attached hydrogen (secondary N) is 1. The van der Waals surface area contributed by atoms with Crippen LogP contribution in [-0.2, 0) is 15.9 Å². The van der Waals surface area contributed by atoms with Gasteiger partial charge >= 0.3 is 7.12 Å². The number of benzene rings is 1. The second kappa shape index (κ2) is 5.92. The van der Waals surface area contributed by atoms with Crippen molar-refractivity contribution in [2.24, 2.45) is 0 Å². The quantitative estimate of drug-likeness (QED) is 0.867. The Morgan fingerprint density at radius 1 is 1.14 bits per heavy atom. The molecule has 0 aromatic heterocycles. The van der Waals surface area contributed by atoms with E-state index < -0.39 is 0 Å². The second-order valence-corrected chi connectivity index (χ2v) is 7.40. The summed E-state index contributed by atoms with van der Waals surface area (Å²) in [5.41, 5.74) is 1.50. The molecule has 0 radical (unpaired) electrons. The standard InChI is InChI=1S/C16H25BClNO2/c1-11(2)19-10-12-9-13(18)7-8-14(12)17-20-15(3,4)16(5,6)21-17/h7-9,11,19H,10H2,1-6H3. The lowest BCUT2D eigenvalue weighted by Gasteiger charge is -2.32. The van der Waals surface area contributed by atoms with Crippen molar-refractivity contribution >= 4 is 24.2 Å². The SMILES string of the molecule is CC(C)NCc1cc(Cl)ccc1B1OC(C)(C)C(C)(C)O1. The van der Waals surface area contributed by atoms with Gasteiger partial charge in [0.05, 0.1) is 11.2 Å². The Labute approximate surface area is 133 Å². The first kappa shape index (κ1) is 16.8. The van der Waals surface area contributed by atoms with E-state index in [9.17, 15) is 0 Å². The minimum absolute atomic E-state index is 0.333. The van der Waals surface area contributed by atoms with E-state index in [4.69, 9.17) is 20.9 Å². The predicted octanol–water partition coefficient (Wildman–Crippen LogP) is 3.14. The van der Waals surface area contributed by atoms with Crippen molar-refractivity contribution in [3.8, 4) is 0 Å². The van der Waals surface area contributed by atoms with Crippen LogP contribution in [0.1, 0.15) is 47.1 Å². The van der Waals surface area contributed by atoms with Gasteiger partial charge in [-0.15, -0.1) is 0 Å². The molecular weight excluding hydrogens is 284 g/mol. The van der Waals surface area contributed by atoms with Gasteiger partial charge in [-0.05, 0) is 50.9 Å². The maximum atomic E-state index is 6.14. The normalized spacial score (nSPS) is 20.3. The molecule has 0 aliphatic carbocycles. The molecule has 0 saturated carbocycles. The van der Waals surface area contributed by atoms with Crippen molar-refractivity contribution in [2.75, 3.05) is 0 Å². The van der Waals surface area contributed by atoms with Crippen LogP contribution in [0.3, 0.4) is 0 Å². The van der Waals surface area contributed by atoms with Gasteiger partial charge in [-0.2, -0.15) is 0 Å². The van der Waals surface area contributed by atoms with Gasteiger partial charge in [0.25, 0.3) is 0 Å².